The number of aromatic nitrogens is 2. The Morgan fingerprint density at radius 1 is 1.42 bits per heavy atom. The number of hydrogen-bond donors (Lipinski definition) is 1. The highest BCUT2D eigenvalue weighted by molar-refractivity contribution is 5.86. The molecule has 1 aromatic heterocycles. The van der Waals surface area contributed by atoms with Crippen molar-refractivity contribution in [1.82, 2.24) is 9.55 Å². The predicted octanol–water partition coefficient (Wildman–Crippen LogP) is 3.47. The van der Waals surface area contributed by atoms with E-state index in [0.717, 1.165) is 36.0 Å². The zero-order valence-electron chi connectivity index (χ0n) is 11.4. The number of H-pyrrole nitrogens is 1. The molecule has 3 nitrogen and oxygen atoms in total. The smallest absolute Gasteiger partial charge is 0.306 e. The highest BCUT2D eigenvalue weighted by Gasteiger charge is 2.13. The first-order valence-corrected chi connectivity index (χ1v) is 6.69. The fraction of sp³-hybridized carbons (Fsp3) is 0.312. The summed E-state index contributed by atoms with van der Waals surface area (Å²) in [5.41, 5.74) is 5.84. The number of nitrogens with zero attached hydrogens (tertiary/aromatic N) is 1. The Morgan fingerprint density at radius 3 is 3.05 bits per heavy atom. The maximum atomic E-state index is 12.0. The fourth-order valence-corrected chi connectivity index (χ4v) is 2.62. The first kappa shape index (κ1) is 12.0. The Labute approximate surface area is 112 Å². The molecule has 0 radical (unpaired) electrons. The van der Waals surface area contributed by atoms with Crippen LogP contribution in [0.4, 0.5) is 0 Å². The molecule has 0 unspecified atom stereocenters. The molecular formula is C16H18N2O. The molecule has 0 saturated heterocycles. The fourth-order valence-electron chi connectivity index (χ4n) is 2.62. The van der Waals surface area contributed by atoms with Gasteiger partial charge in [-0.1, -0.05) is 35.4 Å². The van der Waals surface area contributed by atoms with Crippen molar-refractivity contribution in [3.8, 4) is 0 Å². The highest BCUT2D eigenvalue weighted by atomic mass is 16.1. The number of para-hydroxylation sites is 1. The summed E-state index contributed by atoms with van der Waals surface area (Å²) < 4.78 is 1.86. The van der Waals surface area contributed by atoms with E-state index in [1.807, 2.05) is 16.7 Å². The first-order chi connectivity index (χ1) is 9.15. The second-order valence-electron chi connectivity index (χ2n) is 5.36. The van der Waals surface area contributed by atoms with Crippen molar-refractivity contribution in [2.75, 3.05) is 0 Å². The van der Waals surface area contributed by atoms with Gasteiger partial charge in [-0.15, -0.1) is 0 Å². The van der Waals surface area contributed by atoms with Gasteiger partial charge < -0.3 is 4.98 Å². The van der Waals surface area contributed by atoms with Gasteiger partial charge >= 0.3 is 5.69 Å². The molecular weight excluding hydrogens is 236 g/mol. The largest absolute Gasteiger partial charge is 0.326 e. The second kappa shape index (κ2) is 4.57. The lowest BCUT2D eigenvalue weighted by Gasteiger charge is -2.02. The standard InChI is InChI=1S/C16H18N2O/c1-11(2)6-7-12-8-9-18-15-13(10-12)4-3-5-14(15)17-16(18)19/h3-6,10H,7-9H2,1-2H3,(H,17,19). The first-order valence-electron chi connectivity index (χ1n) is 6.69. The average Bonchev–Trinajstić information content (AvgIpc) is 2.57. The molecule has 2 heterocycles. The van der Waals surface area contributed by atoms with E-state index in [0.29, 0.717) is 0 Å². The lowest BCUT2D eigenvalue weighted by molar-refractivity contribution is 0.686. The van der Waals surface area contributed by atoms with E-state index < -0.39 is 0 Å². The Balaban J connectivity index is 2.12. The molecule has 1 N–H and O–H groups in total. The highest BCUT2D eigenvalue weighted by Crippen LogP contribution is 2.25. The summed E-state index contributed by atoms with van der Waals surface area (Å²) in [6.07, 6.45) is 6.39. The Hall–Kier alpha value is -2.03. The summed E-state index contributed by atoms with van der Waals surface area (Å²) in [6.45, 7) is 5.00. The number of nitrogens with one attached hydrogen (secondary N) is 1. The molecule has 0 saturated carbocycles. The normalized spacial score (nSPS) is 14.1. The van der Waals surface area contributed by atoms with Gasteiger partial charge in [0.2, 0.25) is 0 Å². The van der Waals surface area contributed by atoms with Crippen LogP contribution in [0.25, 0.3) is 17.1 Å². The summed E-state index contributed by atoms with van der Waals surface area (Å²) in [5, 5.41) is 0. The predicted molar refractivity (Wildman–Crippen MR) is 79.2 cm³/mol. The van der Waals surface area contributed by atoms with Crippen LogP contribution in [0.3, 0.4) is 0 Å². The van der Waals surface area contributed by atoms with Crippen molar-refractivity contribution < 1.29 is 0 Å². The van der Waals surface area contributed by atoms with Gasteiger partial charge in [0.1, 0.15) is 0 Å². The van der Waals surface area contributed by atoms with Gasteiger partial charge in [-0.05, 0) is 32.8 Å². The van der Waals surface area contributed by atoms with Gasteiger partial charge in [0, 0.05) is 12.1 Å². The van der Waals surface area contributed by atoms with Crippen molar-refractivity contribution in [3.63, 3.8) is 0 Å². The maximum Gasteiger partial charge on any atom is 0.326 e. The van der Waals surface area contributed by atoms with Crippen LogP contribution in [-0.4, -0.2) is 9.55 Å². The summed E-state index contributed by atoms with van der Waals surface area (Å²) >= 11 is 0. The van der Waals surface area contributed by atoms with Crippen LogP contribution in [0, 0.1) is 0 Å². The molecule has 0 atom stereocenters. The zero-order valence-corrected chi connectivity index (χ0v) is 11.4. The SMILES string of the molecule is CC(C)=CCC1=Cc2cccc3[nH]c(=O)n(c23)CC1. The van der Waals surface area contributed by atoms with Gasteiger partial charge in [0.15, 0.2) is 0 Å². The number of allylic oxidation sites excluding steroid dienone is 3. The second-order valence-corrected chi connectivity index (χ2v) is 5.36. The van der Waals surface area contributed by atoms with Crippen LogP contribution < -0.4 is 5.69 Å². The van der Waals surface area contributed by atoms with E-state index >= 15 is 0 Å². The van der Waals surface area contributed by atoms with E-state index in [4.69, 9.17) is 0 Å². The molecule has 0 bridgehead atoms. The van der Waals surface area contributed by atoms with E-state index in [-0.39, 0.29) is 5.69 Å². The monoisotopic (exact) mass is 254 g/mol. The molecule has 2 aromatic rings. The van der Waals surface area contributed by atoms with E-state index in [2.05, 4.69) is 37.0 Å². The Bertz CT molecular complexity index is 740. The van der Waals surface area contributed by atoms with Crippen molar-refractivity contribution in [1.29, 1.82) is 0 Å². The quantitative estimate of drug-likeness (QED) is 0.819. The lowest BCUT2D eigenvalue weighted by atomic mass is 10.0. The van der Waals surface area contributed by atoms with E-state index in [9.17, 15) is 4.79 Å². The van der Waals surface area contributed by atoms with Gasteiger partial charge in [-0.25, -0.2) is 4.79 Å². The molecule has 1 aromatic carbocycles. The number of benzene rings is 1. The van der Waals surface area contributed by atoms with Gasteiger partial charge in [0.05, 0.1) is 11.0 Å². The van der Waals surface area contributed by atoms with Gasteiger partial charge in [0.25, 0.3) is 0 Å². The number of rotatable bonds is 2. The molecule has 98 valence electrons. The molecule has 3 rings (SSSR count). The minimum Gasteiger partial charge on any atom is -0.306 e. The van der Waals surface area contributed by atoms with Crippen molar-refractivity contribution in [2.45, 2.75) is 33.2 Å². The van der Waals surface area contributed by atoms with Crippen molar-refractivity contribution >= 4 is 17.1 Å². The van der Waals surface area contributed by atoms with Crippen molar-refractivity contribution in [3.05, 3.63) is 51.5 Å². The summed E-state index contributed by atoms with van der Waals surface area (Å²) in [4.78, 5) is 14.9. The topological polar surface area (TPSA) is 37.8 Å². The van der Waals surface area contributed by atoms with Crippen molar-refractivity contribution in [2.24, 2.45) is 0 Å². The van der Waals surface area contributed by atoms with Crippen LogP contribution in [0.1, 0.15) is 32.3 Å². The average molecular weight is 254 g/mol. The van der Waals surface area contributed by atoms with Gasteiger partial charge in [-0.2, -0.15) is 0 Å². The number of aromatic amines is 1. The molecule has 0 fully saturated rings. The Morgan fingerprint density at radius 2 is 2.26 bits per heavy atom. The van der Waals surface area contributed by atoms with E-state index in [1.165, 1.54) is 11.1 Å². The number of aryl methyl sites for hydroxylation is 1. The number of hydrogen-bond acceptors (Lipinski definition) is 1. The molecule has 0 amide bonds. The van der Waals surface area contributed by atoms with Crippen LogP contribution in [0.15, 0.2) is 40.2 Å². The molecule has 1 aliphatic rings. The maximum absolute atomic E-state index is 12.0. The lowest BCUT2D eigenvalue weighted by Crippen LogP contribution is -2.16. The van der Waals surface area contributed by atoms with Gasteiger partial charge in [-0.3, -0.25) is 4.57 Å². The van der Waals surface area contributed by atoms with Crippen LogP contribution in [0.2, 0.25) is 0 Å². The molecule has 1 aliphatic heterocycles. The summed E-state index contributed by atoms with van der Waals surface area (Å²) in [7, 11) is 0. The third-order valence-corrected chi connectivity index (χ3v) is 3.61. The third kappa shape index (κ3) is 2.16. The van der Waals surface area contributed by atoms with Crippen LogP contribution in [0.5, 0.6) is 0 Å². The summed E-state index contributed by atoms with van der Waals surface area (Å²) in [5.74, 6) is 0. The zero-order chi connectivity index (χ0) is 13.4. The molecule has 19 heavy (non-hydrogen) atoms. The van der Waals surface area contributed by atoms with E-state index in [1.54, 1.807) is 0 Å². The minimum absolute atomic E-state index is 0.000635. The number of imidazole rings is 1. The Kier molecular flexibility index (Phi) is 2.90. The minimum atomic E-state index is -0.000635. The summed E-state index contributed by atoms with van der Waals surface area (Å²) in [6, 6.07) is 6.05. The molecule has 0 aliphatic carbocycles. The van der Waals surface area contributed by atoms with Crippen LogP contribution in [-0.2, 0) is 6.54 Å². The molecule has 0 spiro atoms. The van der Waals surface area contributed by atoms with Crippen LogP contribution >= 0.6 is 0 Å². The molecule has 3 heteroatoms. The third-order valence-electron chi connectivity index (χ3n) is 3.61.